The Hall–Kier alpha value is -1.04. The van der Waals surface area contributed by atoms with Gasteiger partial charge in [-0.05, 0) is 25.2 Å². The average Bonchev–Trinajstić information content (AvgIpc) is 2.64. The van der Waals surface area contributed by atoms with Crippen LogP contribution in [0.3, 0.4) is 0 Å². The minimum atomic E-state index is -0.694. The summed E-state index contributed by atoms with van der Waals surface area (Å²) in [6.45, 7) is 3.88. The predicted octanol–water partition coefficient (Wildman–Crippen LogP) is 2.72. The minimum absolute atomic E-state index is 0.117. The van der Waals surface area contributed by atoms with Crippen LogP contribution in [-0.4, -0.2) is 23.9 Å². The van der Waals surface area contributed by atoms with E-state index in [0.29, 0.717) is 5.92 Å². The molecule has 3 nitrogen and oxygen atoms in total. The van der Waals surface area contributed by atoms with Crippen LogP contribution in [0, 0.1) is 22.7 Å². The first kappa shape index (κ1) is 12.4. The van der Waals surface area contributed by atoms with Crippen molar-refractivity contribution in [1.82, 2.24) is 4.90 Å². The first-order chi connectivity index (χ1) is 8.18. The summed E-state index contributed by atoms with van der Waals surface area (Å²) in [5.74, 6) is 0.715. The van der Waals surface area contributed by atoms with Gasteiger partial charge >= 0.3 is 0 Å². The number of carbonyl (C=O) groups excluding carboxylic acids is 1. The second kappa shape index (κ2) is 5.08. The van der Waals surface area contributed by atoms with Gasteiger partial charge in [0.25, 0.3) is 0 Å². The van der Waals surface area contributed by atoms with E-state index in [4.69, 9.17) is 0 Å². The molecule has 0 aromatic heterocycles. The maximum absolute atomic E-state index is 12.6. The van der Waals surface area contributed by atoms with Crippen LogP contribution in [-0.2, 0) is 4.79 Å². The lowest BCUT2D eigenvalue weighted by Crippen LogP contribution is -2.42. The van der Waals surface area contributed by atoms with Gasteiger partial charge in [0.05, 0.1) is 6.07 Å². The van der Waals surface area contributed by atoms with E-state index in [1.165, 1.54) is 12.8 Å². The zero-order valence-corrected chi connectivity index (χ0v) is 10.7. The summed E-state index contributed by atoms with van der Waals surface area (Å²) in [5.41, 5.74) is -0.694. The molecule has 1 aliphatic carbocycles. The highest BCUT2D eigenvalue weighted by Gasteiger charge is 2.42. The van der Waals surface area contributed by atoms with Crippen LogP contribution >= 0.6 is 0 Å². The van der Waals surface area contributed by atoms with E-state index >= 15 is 0 Å². The minimum Gasteiger partial charge on any atom is -0.341 e. The Balaban J connectivity index is 2.11. The molecule has 3 heteroatoms. The maximum atomic E-state index is 12.6. The molecule has 0 aromatic carbocycles. The fourth-order valence-corrected chi connectivity index (χ4v) is 3.13. The number of nitrogens with zero attached hydrogens (tertiary/aromatic N) is 2. The summed E-state index contributed by atoms with van der Waals surface area (Å²) in [5, 5.41) is 9.47. The van der Waals surface area contributed by atoms with Crippen molar-refractivity contribution in [3.05, 3.63) is 0 Å². The van der Waals surface area contributed by atoms with Gasteiger partial charge in [-0.15, -0.1) is 0 Å². The molecule has 1 heterocycles. The number of amides is 1. The number of rotatable bonds is 1. The Bertz CT molecular complexity index is 324. The lowest BCUT2D eigenvalue weighted by molar-refractivity contribution is -0.138. The first-order valence-electron chi connectivity index (χ1n) is 6.88. The quantitative estimate of drug-likeness (QED) is 0.655. The molecule has 1 saturated carbocycles. The highest BCUT2D eigenvalue weighted by Crippen LogP contribution is 2.37. The van der Waals surface area contributed by atoms with Gasteiger partial charge in [0, 0.05) is 13.1 Å². The number of carbonyl (C=O) groups is 1. The summed E-state index contributed by atoms with van der Waals surface area (Å²) >= 11 is 0. The van der Waals surface area contributed by atoms with Crippen molar-refractivity contribution in [3.8, 4) is 6.07 Å². The molecule has 1 saturated heterocycles. The van der Waals surface area contributed by atoms with Gasteiger partial charge < -0.3 is 4.90 Å². The molecular formula is C14H22N2O. The fraction of sp³-hybridized carbons (Fsp3) is 0.857. The largest absolute Gasteiger partial charge is 0.341 e. The standard InChI is InChI=1S/C14H22N2O/c1-12-6-9-16(10-12)13(17)14(11-15)7-4-2-3-5-8-14/h12H,2-10H2,1H3. The van der Waals surface area contributed by atoms with Crippen molar-refractivity contribution in [2.24, 2.45) is 11.3 Å². The zero-order valence-electron chi connectivity index (χ0n) is 10.7. The summed E-state index contributed by atoms with van der Waals surface area (Å²) in [7, 11) is 0. The molecule has 1 atom stereocenters. The van der Waals surface area contributed by atoms with Crippen molar-refractivity contribution in [2.45, 2.75) is 51.9 Å². The Labute approximate surface area is 104 Å². The fourth-order valence-electron chi connectivity index (χ4n) is 3.13. The van der Waals surface area contributed by atoms with Crippen molar-refractivity contribution >= 4 is 5.91 Å². The lowest BCUT2D eigenvalue weighted by atomic mass is 9.80. The number of nitriles is 1. The van der Waals surface area contributed by atoms with E-state index in [2.05, 4.69) is 13.0 Å². The molecule has 0 aromatic rings. The van der Waals surface area contributed by atoms with Gasteiger partial charge in [-0.1, -0.05) is 32.6 Å². The van der Waals surface area contributed by atoms with Crippen LogP contribution in [0.2, 0.25) is 0 Å². The molecule has 0 bridgehead atoms. The van der Waals surface area contributed by atoms with E-state index in [9.17, 15) is 10.1 Å². The van der Waals surface area contributed by atoms with Crippen LogP contribution < -0.4 is 0 Å². The van der Waals surface area contributed by atoms with Gasteiger partial charge in [0.1, 0.15) is 5.41 Å². The van der Waals surface area contributed by atoms with E-state index in [1.807, 2.05) is 4.90 Å². The molecule has 1 aliphatic heterocycles. The summed E-state index contributed by atoms with van der Waals surface area (Å²) in [4.78, 5) is 14.5. The second-order valence-electron chi connectivity index (χ2n) is 5.75. The molecule has 1 amide bonds. The van der Waals surface area contributed by atoms with E-state index in [-0.39, 0.29) is 5.91 Å². The second-order valence-corrected chi connectivity index (χ2v) is 5.75. The average molecular weight is 234 g/mol. The van der Waals surface area contributed by atoms with Crippen LogP contribution in [0.4, 0.5) is 0 Å². The predicted molar refractivity (Wildman–Crippen MR) is 66.1 cm³/mol. The lowest BCUT2D eigenvalue weighted by Gasteiger charge is -2.29. The van der Waals surface area contributed by atoms with Gasteiger partial charge in [-0.2, -0.15) is 5.26 Å². The molecule has 0 spiro atoms. The van der Waals surface area contributed by atoms with Crippen LogP contribution in [0.25, 0.3) is 0 Å². The number of hydrogen-bond donors (Lipinski definition) is 0. The van der Waals surface area contributed by atoms with E-state index in [1.54, 1.807) is 0 Å². The molecule has 2 aliphatic rings. The third kappa shape index (κ3) is 2.46. The molecule has 2 fully saturated rings. The van der Waals surface area contributed by atoms with E-state index in [0.717, 1.165) is 45.2 Å². The van der Waals surface area contributed by atoms with Crippen molar-refractivity contribution in [1.29, 1.82) is 5.26 Å². The summed E-state index contributed by atoms with van der Waals surface area (Å²) < 4.78 is 0. The van der Waals surface area contributed by atoms with Crippen LogP contribution in [0.5, 0.6) is 0 Å². The SMILES string of the molecule is CC1CCN(C(=O)C2(C#N)CCCCCC2)C1. The van der Waals surface area contributed by atoms with Crippen molar-refractivity contribution < 1.29 is 4.79 Å². The monoisotopic (exact) mass is 234 g/mol. The Morgan fingerprint density at radius 3 is 2.41 bits per heavy atom. The topological polar surface area (TPSA) is 44.1 Å². The maximum Gasteiger partial charge on any atom is 0.243 e. The third-order valence-electron chi connectivity index (χ3n) is 4.29. The normalized spacial score (nSPS) is 28.5. The van der Waals surface area contributed by atoms with Crippen LogP contribution in [0.15, 0.2) is 0 Å². The molecule has 2 rings (SSSR count). The third-order valence-corrected chi connectivity index (χ3v) is 4.29. The molecule has 0 radical (unpaired) electrons. The van der Waals surface area contributed by atoms with Crippen LogP contribution in [0.1, 0.15) is 51.9 Å². The van der Waals surface area contributed by atoms with Gasteiger partial charge in [0.15, 0.2) is 0 Å². The molecule has 94 valence electrons. The summed E-state index contributed by atoms with van der Waals surface area (Å²) in [6.07, 6.45) is 7.04. The molecule has 1 unspecified atom stereocenters. The summed E-state index contributed by atoms with van der Waals surface area (Å²) in [6, 6.07) is 2.36. The number of likely N-dealkylation sites (tertiary alicyclic amines) is 1. The van der Waals surface area contributed by atoms with Gasteiger partial charge in [-0.3, -0.25) is 4.79 Å². The molecule has 17 heavy (non-hydrogen) atoms. The Morgan fingerprint density at radius 1 is 1.29 bits per heavy atom. The molecule has 0 N–H and O–H groups in total. The molecular weight excluding hydrogens is 212 g/mol. The van der Waals surface area contributed by atoms with Crippen molar-refractivity contribution in [3.63, 3.8) is 0 Å². The Morgan fingerprint density at radius 2 is 1.94 bits per heavy atom. The first-order valence-corrected chi connectivity index (χ1v) is 6.88. The Kier molecular flexibility index (Phi) is 3.71. The van der Waals surface area contributed by atoms with Gasteiger partial charge in [-0.25, -0.2) is 0 Å². The smallest absolute Gasteiger partial charge is 0.243 e. The van der Waals surface area contributed by atoms with Gasteiger partial charge in [0.2, 0.25) is 5.91 Å². The van der Waals surface area contributed by atoms with Crippen molar-refractivity contribution in [2.75, 3.05) is 13.1 Å². The van der Waals surface area contributed by atoms with E-state index < -0.39 is 5.41 Å². The zero-order chi connectivity index (χ0) is 12.3. The highest BCUT2D eigenvalue weighted by molar-refractivity contribution is 5.85. The highest BCUT2D eigenvalue weighted by atomic mass is 16.2. The number of hydrogen-bond acceptors (Lipinski definition) is 2.